The molecule has 0 bridgehead atoms. The van der Waals surface area contributed by atoms with Crippen molar-refractivity contribution in [1.82, 2.24) is 0 Å². The maximum absolute atomic E-state index is 12.6. The maximum Gasteiger partial charge on any atom is 0.338 e. The molecule has 0 aliphatic heterocycles. The molecule has 1 N–H and O–H groups in total. The second-order valence-corrected chi connectivity index (χ2v) is 8.07. The number of nitrogens with zero attached hydrogens (tertiary/aromatic N) is 1. The van der Waals surface area contributed by atoms with Gasteiger partial charge in [0, 0.05) is 12.7 Å². The molecule has 0 saturated carbocycles. The number of ether oxygens (including phenoxy) is 1. The van der Waals surface area contributed by atoms with Crippen molar-refractivity contribution in [2.45, 2.75) is 6.92 Å². The fraction of sp³-hybridized carbons (Fsp3) is 0.222. The van der Waals surface area contributed by atoms with E-state index in [1.807, 2.05) is 0 Å². The molecule has 9 heteroatoms. The first kappa shape index (κ1) is 20.7. The third kappa shape index (κ3) is 5.21. The van der Waals surface area contributed by atoms with Crippen molar-refractivity contribution in [2.75, 3.05) is 29.5 Å². The highest BCUT2D eigenvalue weighted by atomic mass is 35.5. The molecular formula is C18H19ClN2O5S. The SMILES string of the molecule is CCOC(=O)c1cccc(NC(=O)c2cc(N(C)S(C)(=O)=O)ccc2Cl)c1. The second-order valence-electron chi connectivity index (χ2n) is 5.65. The van der Waals surface area contributed by atoms with Gasteiger partial charge >= 0.3 is 5.97 Å². The van der Waals surface area contributed by atoms with Crippen LogP contribution in [0.25, 0.3) is 0 Å². The molecule has 0 aromatic heterocycles. The van der Waals surface area contributed by atoms with Crippen LogP contribution in [0.5, 0.6) is 0 Å². The lowest BCUT2D eigenvalue weighted by molar-refractivity contribution is 0.0526. The van der Waals surface area contributed by atoms with Crippen LogP contribution >= 0.6 is 11.6 Å². The minimum absolute atomic E-state index is 0.103. The summed E-state index contributed by atoms with van der Waals surface area (Å²) in [5.74, 6) is -1.03. The van der Waals surface area contributed by atoms with E-state index in [1.165, 1.54) is 31.3 Å². The minimum Gasteiger partial charge on any atom is -0.462 e. The Labute approximate surface area is 162 Å². The van der Waals surface area contributed by atoms with E-state index in [2.05, 4.69) is 5.32 Å². The number of hydrogen-bond donors (Lipinski definition) is 1. The number of anilines is 2. The highest BCUT2D eigenvalue weighted by Crippen LogP contribution is 2.25. The van der Waals surface area contributed by atoms with Crippen molar-refractivity contribution in [3.05, 3.63) is 58.6 Å². The molecule has 0 unspecified atom stereocenters. The van der Waals surface area contributed by atoms with Crippen LogP contribution in [-0.2, 0) is 14.8 Å². The first-order valence-electron chi connectivity index (χ1n) is 7.95. The van der Waals surface area contributed by atoms with Gasteiger partial charge in [0.25, 0.3) is 5.91 Å². The molecule has 2 aromatic rings. The predicted octanol–water partition coefficient (Wildman–Crippen LogP) is 3.16. The monoisotopic (exact) mass is 410 g/mol. The highest BCUT2D eigenvalue weighted by Gasteiger charge is 2.17. The van der Waals surface area contributed by atoms with E-state index in [9.17, 15) is 18.0 Å². The molecule has 144 valence electrons. The van der Waals surface area contributed by atoms with Gasteiger partial charge in [0.05, 0.1) is 34.7 Å². The lowest BCUT2D eigenvalue weighted by atomic mass is 10.1. The zero-order valence-electron chi connectivity index (χ0n) is 15.0. The van der Waals surface area contributed by atoms with E-state index in [4.69, 9.17) is 16.3 Å². The van der Waals surface area contributed by atoms with Crippen molar-refractivity contribution in [3.8, 4) is 0 Å². The minimum atomic E-state index is -3.48. The molecule has 1 amide bonds. The van der Waals surface area contributed by atoms with Gasteiger partial charge in [0.15, 0.2) is 0 Å². The number of rotatable bonds is 6. The Kier molecular flexibility index (Phi) is 6.45. The number of amides is 1. The van der Waals surface area contributed by atoms with E-state index < -0.39 is 21.9 Å². The Morgan fingerprint density at radius 1 is 1.19 bits per heavy atom. The average Bonchev–Trinajstić information content (AvgIpc) is 2.61. The Morgan fingerprint density at radius 3 is 2.52 bits per heavy atom. The topological polar surface area (TPSA) is 92.8 Å². The summed E-state index contributed by atoms with van der Waals surface area (Å²) >= 11 is 6.10. The average molecular weight is 411 g/mol. The molecule has 0 atom stereocenters. The van der Waals surface area contributed by atoms with Crippen molar-refractivity contribution in [2.24, 2.45) is 0 Å². The molecule has 0 saturated heterocycles. The standard InChI is InChI=1S/C18H19ClN2O5S/c1-4-26-18(23)12-6-5-7-13(10-12)20-17(22)15-11-14(8-9-16(15)19)21(2)27(3,24)25/h5-11H,4H2,1-3H3,(H,20,22). The Bertz CT molecular complexity index is 975. The normalized spacial score (nSPS) is 11.0. The molecule has 0 aliphatic carbocycles. The van der Waals surface area contributed by atoms with Gasteiger partial charge in [-0.15, -0.1) is 0 Å². The molecular weight excluding hydrogens is 392 g/mol. The molecule has 27 heavy (non-hydrogen) atoms. The van der Waals surface area contributed by atoms with Crippen molar-refractivity contribution >= 4 is 44.9 Å². The number of esters is 1. The third-order valence-electron chi connectivity index (χ3n) is 3.69. The van der Waals surface area contributed by atoms with Crippen LogP contribution in [-0.4, -0.2) is 40.2 Å². The lowest BCUT2D eigenvalue weighted by Gasteiger charge is -2.18. The van der Waals surface area contributed by atoms with Gasteiger partial charge in [-0.3, -0.25) is 9.10 Å². The number of halogens is 1. The van der Waals surface area contributed by atoms with E-state index in [1.54, 1.807) is 25.1 Å². The zero-order valence-corrected chi connectivity index (χ0v) is 16.6. The molecule has 0 fully saturated rings. The summed E-state index contributed by atoms with van der Waals surface area (Å²) in [7, 11) is -2.11. The van der Waals surface area contributed by atoms with Gasteiger partial charge in [0.1, 0.15) is 0 Å². The molecule has 0 aliphatic rings. The molecule has 2 rings (SSSR count). The highest BCUT2D eigenvalue weighted by molar-refractivity contribution is 7.92. The Hall–Kier alpha value is -2.58. The van der Waals surface area contributed by atoms with Crippen LogP contribution in [0.2, 0.25) is 5.02 Å². The molecule has 7 nitrogen and oxygen atoms in total. The van der Waals surface area contributed by atoms with Gasteiger partial charge in [-0.1, -0.05) is 17.7 Å². The van der Waals surface area contributed by atoms with E-state index in [0.29, 0.717) is 16.9 Å². The van der Waals surface area contributed by atoms with Gasteiger partial charge in [-0.2, -0.15) is 0 Å². The summed E-state index contributed by atoms with van der Waals surface area (Å²) in [5, 5.41) is 2.81. The summed E-state index contributed by atoms with van der Waals surface area (Å²) in [6.45, 7) is 1.94. The third-order valence-corrected chi connectivity index (χ3v) is 5.22. The lowest BCUT2D eigenvalue weighted by Crippen LogP contribution is -2.25. The Balaban J connectivity index is 2.28. The number of sulfonamides is 1. The van der Waals surface area contributed by atoms with Crippen molar-refractivity contribution in [3.63, 3.8) is 0 Å². The largest absolute Gasteiger partial charge is 0.462 e. The van der Waals surface area contributed by atoms with Crippen LogP contribution < -0.4 is 9.62 Å². The smallest absolute Gasteiger partial charge is 0.338 e. The van der Waals surface area contributed by atoms with Gasteiger partial charge in [-0.25, -0.2) is 13.2 Å². The maximum atomic E-state index is 12.6. The van der Waals surface area contributed by atoms with Gasteiger partial charge in [0.2, 0.25) is 10.0 Å². The van der Waals surface area contributed by atoms with E-state index in [-0.39, 0.29) is 17.2 Å². The second kappa shape index (κ2) is 8.41. The van der Waals surface area contributed by atoms with Gasteiger partial charge in [-0.05, 0) is 43.3 Å². The summed E-state index contributed by atoms with van der Waals surface area (Å²) in [4.78, 5) is 24.4. The molecule has 0 heterocycles. The summed E-state index contributed by atoms with van der Waals surface area (Å²) in [5.41, 5.74) is 1.08. The van der Waals surface area contributed by atoms with Crippen molar-refractivity contribution < 1.29 is 22.7 Å². The van der Waals surface area contributed by atoms with Crippen LogP contribution in [0.4, 0.5) is 11.4 Å². The fourth-order valence-electron chi connectivity index (χ4n) is 2.21. The summed E-state index contributed by atoms with van der Waals surface area (Å²) in [6, 6.07) is 10.6. The Morgan fingerprint density at radius 2 is 1.89 bits per heavy atom. The summed E-state index contributed by atoms with van der Waals surface area (Å²) < 4.78 is 29.4. The summed E-state index contributed by atoms with van der Waals surface area (Å²) in [6.07, 6.45) is 1.06. The number of benzene rings is 2. The van der Waals surface area contributed by atoms with E-state index in [0.717, 1.165) is 10.6 Å². The van der Waals surface area contributed by atoms with Crippen LogP contribution in [0.15, 0.2) is 42.5 Å². The number of hydrogen-bond acceptors (Lipinski definition) is 5. The molecule has 0 radical (unpaired) electrons. The number of nitrogens with one attached hydrogen (secondary N) is 1. The van der Waals surface area contributed by atoms with Gasteiger partial charge < -0.3 is 10.1 Å². The zero-order chi connectivity index (χ0) is 20.2. The van der Waals surface area contributed by atoms with Crippen LogP contribution in [0, 0.1) is 0 Å². The quantitative estimate of drug-likeness (QED) is 0.738. The van der Waals surface area contributed by atoms with Crippen LogP contribution in [0.3, 0.4) is 0 Å². The van der Waals surface area contributed by atoms with Crippen molar-refractivity contribution in [1.29, 1.82) is 0 Å². The van der Waals surface area contributed by atoms with Crippen LogP contribution in [0.1, 0.15) is 27.6 Å². The predicted molar refractivity (Wildman–Crippen MR) is 105 cm³/mol. The fourth-order valence-corrected chi connectivity index (χ4v) is 2.91. The number of carbonyl (C=O) groups is 2. The first-order valence-corrected chi connectivity index (χ1v) is 10.2. The first-order chi connectivity index (χ1) is 12.6. The van der Waals surface area contributed by atoms with E-state index >= 15 is 0 Å². The number of carbonyl (C=O) groups excluding carboxylic acids is 2. The molecule has 2 aromatic carbocycles. The molecule has 0 spiro atoms.